The molecular weight excluding hydrogens is 368 g/mol. The maximum absolute atomic E-state index is 5.89. The lowest BCUT2D eigenvalue weighted by Gasteiger charge is -2.22. The van der Waals surface area contributed by atoms with Crippen LogP contribution in [-0.2, 0) is 18.3 Å². The highest BCUT2D eigenvalue weighted by atomic mass is 35.5. The number of likely N-dealkylation sites (N-methyl/N-ethyl adjacent to an activating group) is 1. The first kappa shape index (κ1) is 21.0. The van der Waals surface area contributed by atoms with Crippen LogP contribution in [-0.4, -0.2) is 66.1 Å². The summed E-state index contributed by atoms with van der Waals surface area (Å²) in [7, 11) is 5.57. The summed E-state index contributed by atoms with van der Waals surface area (Å²) in [5.74, 6) is 3.21. The van der Waals surface area contributed by atoms with Crippen molar-refractivity contribution in [1.82, 2.24) is 25.0 Å². The van der Waals surface area contributed by atoms with Crippen LogP contribution in [0.1, 0.15) is 11.6 Å². The number of halogens is 1. The molecule has 1 aromatic heterocycles. The third kappa shape index (κ3) is 6.73. The number of ether oxygens (including phenoxy) is 2. The van der Waals surface area contributed by atoms with E-state index in [1.165, 1.54) is 0 Å². The second-order valence-corrected chi connectivity index (χ2v) is 6.44. The first-order chi connectivity index (χ1) is 13.0. The van der Waals surface area contributed by atoms with Gasteiger partial charge in [-0.3, -0.25) is 0 Å². The molecule has 0 amide bonds. The Kier molecular flexibility index (Phi) is 8.35. The van der Waals surface area contributed by atoms with E-state index in [-0.39, 0.29) is 0 Å². The number of rotatable bonds is 9. The molecule has 0 aliphatic rings. The van der Waals surface area contributed by atoms with E-state index in [4.69, 9.17) is 21.1 Å². The SMILES string of the molecule is COCCNC(=NCc1nnc(C)n1C)N(C)CCOc1ccc(Cl)cc1. The fourth-order valence-corrected chi connectivity index (χ4v) is 2.37. The van der Waals surface area contributed by atoms with Crippen molar-refractivity contribution in [1.29, 1.82) is 0 Å². The molecule has 9 heteroatoms. The van der Waals surface area contributed by atoms with Crippen molar-refractivity contribution in [2.75, 3.05) is 40.5 Å². The van der Waals surface area contributed by atoms with Crippen LogP contribution in [0, 0.1) is 6.92 Å². The molecule has 0 atom stereocenters. The van der Waals surface area contributed by atoms with Crippen molar-refractivity contribution in [2.24, 2.45) is 12.0 Å². The van der Waals surface area contributed by atoms with Crippen molar-refractivity contribution >= 4 is 17.6 Å². The van der Waals surface area contributed by atoms with Gasteiger partial charge < -0.3 is 24.3 Å². The number of aliphatic imine (C=N–C) groups is 1. The molecule has 0 radical (unpaired) electrons. The Hall–Kier alpha value is -2.32. The third-order valence-corrected chi connectivity index (χ3v) is 4.26. The zero-order chi connectivity index (χ0) is 19.6. The van der Waals surface area contributed by atoms with Gasteiger partial charge in [0.2, 0.25) is 0 Å². The molecule has 0 bridgehead atoms. The zero-order valence-electron chi connectivity index (χ0n) is 16.3. The van der Waals surface area contributed by atoms with Crippen molar-refractivity contribution in [3.63, 3.8) is 0 Å². The normalized spacial score (nSPS) is 11.5. The molecule has 27 heavy (non-hydrogen) atoms. The zero-order valence-corrected chi connectivity index (χ0v) is 17.0. The van der Waals surface area contributed by atoms with Gasteiger partial charge in [-0.25, -0.2) is 4.99 Å². The quantitative estimate of drug-likeness (QED) is 0.397. The highest BCUT2D eigenvalue weighted by Crippen LogP contribution is 2.15. The van der Waals surface area contributed by atoms with Gasteiger partial charge in [0.25, 0.3) is 0 Å². The number of aryl methyl sites for hydroxylation is 1. The fourth-order valence-electron chi connectivity index (χ4n) is 2.25. The number of benzene rings is 1. The minimum absolute atomic E-state index is 0.440. The summed E-state index contributed by atoms with van der Waals surface area (Å²) in [6, 6.07) is 7.32. The van der Waals surface area contributed by atoms with E-state index in [0.29, 0.717) is 37.9 Å². The first-order valence-electron chi connectivity index (χ1n) is 8.73. The highest BCUT2D eigenvalue weighted by molar-refractivity contribution is 6.30. The molecule has 0 saturated carbocycles. The number of nitrogens with one attached hydrogen (secondary N) is 1. The number of methoxy groups -OCH3 is 1. The van der Waals surface area contributed by atoms with Crippen molar-refractivity contribution < 1.29 is 9.47 Å². The van der Waals surface area contributed by atoms with Crippen molar-refractivity contribution in [2.45, 2.75) is 13.5 Å². The van der Waals surface area contributed by atoms with Gasteiger partial charge in [-0.05, 0) is 31.2 Å². The van der Waals surface area contributed by atoms with E-state index in [1.807, 2.05) is 54.8 Å². The van der Waals surface area contributed by atoms with Gasteiger partial charge in [-0.2, -0.15) is 0 Å². The van der Waals surface area contributed by atoms with Crippen molar-refractivity contribution in [3.05, 3.63) is 40.9 Å². The van der Waals surface area contributed by atoms with Gasteiger partial charge in [0, 0.05) is 32.8 Å². The average molecular weight is 395 g/mol. The van der Waals surface area contributed by atoms with E-state index in [1.54, 1.807) is 7.11 Å². The van der Waals surface area contributed by atoms with E-state index >= 15 is 0 Å². The van der Waals surface area contributed by atoms with Crippen LogP contribution in [0.4, 0.5) is 0 Å². The predicted molar refractivity (Wildman–Crippen MR) is 106 cm³/mol. The van der Waals surface area contributed by atoms with E-state index < -0.39 is 0 Å². The standard InChI is InChI=1S/C18H27ClN6O2/c1-14-22-23-17(25(14)3)13-21-18(20-9-11-26-4)24(2)10-12-27-16-7-5-15(19)6-8-16/h5-8H,9-13H2,1-4H3,(H,20,21). The summed E-state index contributed by atoms with van der Waals surface area (Å²) in [6.45, 7) is 4.80. The molecular formula is C18H27ClN6O2. The van der Waals surface area contributed by atoms with Crippen LogP contribution in [0.5, 0.6) is 5.75 Å². The molecule has 1 N–H and O–H groups in total. The minimum atomic E-state index is 0.440. The Bertz CT molecular complexity index is 732. The molecule has 0 aliphatic heterocycles. The molecule has 8 nitrogen and oxygen atoms in total. The molecule has 0 fully saturated rings. The molecule has 148 valence electrons. The molecule has 1 heterocycles. The molecule has 0 aliphatic carbocycles. The van der Waals surface area contributed by atoms with Crippen LogP contribution in [0.2, 0.25) is 5.02 Å². The summed E-state index contributed by atoms with van der Waals surface area (Å²) >= 11 is 5.89. The number of nitrogens with zero attached hydrogens (tertiary/aromatic N) is 5. The summed E-state index contributed by atoms with van der Waals surface area (Å²) in [5.41, 5.74) is 0. The van der Waals surface area contributed by atoms with Crippen LogP contribution in [0.25, 0.3) is 0 Å². The van der Waals surface area contributed by atoms with Gasteiger partial charge in [-0.1, -0.05) is 11.6 Å². The van der Waals surface area contributed by atoms with E-state index in [9.17, 15) is 0 Å². The second-order valence-electron chi connectivity index (χ2n) is 6.01. The number of aromatic nitrogens is 3. The Morgan fingerprint density at radius 3 is 2.63 bits per heavy atom. The second kappa shape index (κ2) is 10.7. The third-order valence-electron chi connectivity index (χ3n) is 4.01. The molecule has 2 aromatic rings. The van der Waals surface area contributed by atoms with Gasteiger partial charge in [0.1, 0.15) is 24.7 Å². The van der Waals surface area contributed by atoms with Gasteiger partial charge in [0.05, 0.1) is 13.2 Å². The lowest BCUT2D eigenvalue weighted by molar-refractivity contribution is 0.202. The summed E-state index contributed by atoms with van der Waals surface area (Å²) in [4.78, 5) is 6.67. The van der Waals surface area contributed by atoms with Crippen LogP contribution in [0.15, 0.2) is 29.3 Å². The summed E-state index contributed by atoms with van der Waals surface area (Å²) in [5, 5.41) is 12.2. The van der Waals surface area contributed by atoms with E-state index in [2.05, 4.69) is 20.5 Å². The van der Waals surface area contributed by atoms with Gasteiger partial charge >= 0.3 is 0 Å². The maximum atomic E-state index is 5.89. The Labute approximate surface area is 165 Å². The largest absolute Gasteiger partial charge is 0.492 e. The highest BCUT2D eigenvalue weighted by Gasteiger charge is 2.09. The Morgan fingerprint density at radius 2 is 2.00 bits per heavy atom. The lowest BCUT2D eigenvalue weighted by Crippen LogP contribution is -2.42. The van der Waals surface area contributed by atoms with Crippen molar-refractivity contribution in [3.8, 4) is 5.75 Å². The summed E-state index contributed by atoms with van der Waals surface area (Å²) in [6.07, 6.45) is 0. The van der Waals surface area contributed by atoms with Gasteiger partial charge in [-0.15, -0.1) is 10.2 Å². The minimum Gasteiger partial charge on any atom is -0.492 e. The van der Waals surface area contributed by atoms with Crippen LogP contribution >= 0.6 is 11.6 Å². The smallest absolute Gasteiger partial charge is 0.194 e. The first-order valence-corrected chi connectivity index (χ1v) is 9.10. The lowest BCUT2D eigenvalue weighted by atomic mass is 10.3. The fraction of sp³-hybridized carbons (Fsp3) is 0.500. The Morgan fingerprint density at radius 1 is 1.26 bits per heavy atom. The maximum Gasteiger partial charge on any atom is 0.194 e. The monoisotopic (exact) mass is 394 g/mol. The van der Waals surface area contributed by atoms with Gasteiger partial charge in [0.15, 0.2) is 11.8 Å². The predicted octanol–water partition coefficient (Wildman–Crippen LogP) is 1.88. The molecule has 0 unspecified atom stereocenters. The number of guanidine groups is 1. The topological polar surface area (TPSA) is 76.8 Å². The molecule has 0 saturated heterocycles. The molecule has 0 spiro atoms. The molecule has 1 aromatic carbocycles. The summed E-state index contributed by atoms with van der Waals surface area (Å²) < 4.78 is 12.8. The number of hydrogen-bond donors (Lipinski definition) is 1. The number of hydrogen-bond acceptors (Lipinski definition) is 5. The average Bonchev–Trinajstić information content (AvgIpc) is 2.98. The van der Waals surface area contributed by atoms with E-state index in [0.717, 1.165) is 23.4 Å². The van der Waals surface area contributed by atoms with Crippen LogP contribution < -0.4 is 10.1 Å². The molecule has 2 rings (SSSR count). The van der Waals surface area contributed by atoms with Crippen LogP contribution in [0.3, 0.4) is 0 Å². The Balaban J connectivity index is 1.93.